The maximum atomic E-state index is 12.0. The number of hydrogen-bond acceptors (Lipinski definition) is 6. The highest BCUT2D eigenvalue weighted by molar-refractivity contribution is 9.10. The van der Waals surface area contributed by atoms with Gasteiger partial charge in [-0.2, -0.15) is 0 Å². The minimum Gasteiger partial charge on any atom is -0.457 e. The molecule has 0 saturated heterocycles. The minimum absolute atomic E-state index is 0.273. The highest BCUT2D eigenvalue weighted by Crippen LogP contribution is 2.28. The summed E-state index contributed by atoms with van der Waals surface area (Å²) < 4.78 is 6.37. The van der Waals surface area contributed by atoms with Crippen molar-refractivity contribution in [1.29, 1.82) is 0 Å². The third-order valence-electron chi connectivity index (χ3n) is 2.94. The maximum Gasteiger partial charge on any atom is 0.260 e. The van der Waals surface area contributed by atoms with Crippen LogP contribution in [0.3, 0.4) is 0 Å². The number of hydrogen-bond donors (Lipinski definition) is 1. The first-order chi connectivity index (χ1) is 11.1. The number of thioether (sulfide) groups is 1. The molecule has 1 amide bonds. The molecule has 23 heavy (non-hydrogen) atoms. The van der Waals surface area contributed by atoms with Crippen LogP contribution >= 0.6 is 39.0 Å². The molecule has 8 heteroatoms. The summed E-state index contributed by atoms with van der Waals surface area (Å²) in [7, 11) is 0. The molecule has 0 aliphatic rings. The Balaban J connectivity index is 1.57. The van der Waals surface area contributed by atoms with E-state index in [1.807, 2.05) is 0 Å². The third-order valence-corrected chi connectivity index (χ3v) is 5.40. The van der Waals surface area contributed by atoms with Crippen molar-refractivity contribution in [3.63, 3.8) is 0 Å². The lowest BCUT2D eigenvalue weighted by Crippen LogP contribution is -2.10. The molecule has 0 aliphatic carbocycles. The average Bonchev–Trinajstić information content (AvgIpc) is 3.16. The Hall–Kier alpha value is -1.64. The lowest BCUT2D eigenvalue weighted by molar-refractivity contribution is 0.102. The van der Waals surface area contributed by atoms with E-state index in [-0.39, 0.29) is 5.91 Å². The number of benzene rings is 1. The van der Waals surface area contributed by atoms with Crippen molar-refractivity contribution < 1.29 is 9.21 Å². The number of halogens is 1. The first-order valence-electron chi connectivity index (χ1n) is 6.67. The van der Waals surface area contributed by atoms with E-state index in [4.69, 9.17) is 4.42 Å². The Morgan fingerprint density at radius 3 is 2.83 bits per heavy atom. The molecule has 2 heterocycles. The van der Waals surface area contributed by atoms with Gasteiger partial charge in [0.2, 0.25) is 5.13 Å². The lowest BCUT2D eigenvalue weighted by Gasteiger charge is -1.99. The second-order valence-electron chi connectivity index (χ2n) is 4.74. The maximum absolute atomic E-state index is 12.0. The fourth-order valence-electron chi connectivity index (χ4n) is 1.75. The molecular weight excluding hydrogens is 398 g/mol. The molecule has 118 valence electrons. The molecule has 3 aromatic rings. The van der Waals surface area contributed by atoms with Crippen LogP contribution in [-0.4, -0.2) is 16.1 Å². The fourth-order valence-corrected chi connectivity index (χ4v) is 3.79. The van der Waals surface area contributed by atoms with Gasteiger partial charge in [-0.3, -0.25) is 10.1 Å². The number of carbonyl (C=O) groups excluding carboxylic acids is 1. The second kappa shape index (κ2) is 7.29. The number of anilines is 1. The standard InChI is InChI=1S/C15H12BrN3O2S2/c1-9-2-4-10(5-3-9)8-22-15-19-18-14(23-15)17-13(20)11-6-12(16)21-7-11/h2-7H,8H2,1H3,(H,17,18,20). The summed E-state index contributed by atoms with van der Waals surface area (Å²) in [5.74, 6) is 0.544. The molecule has 0 radical (unpaired) electrons. The zero-order valence-electron chi connectivity index (χ0n) is 12.1. The van der Waals surface area contributed by atoms with E-state index in [0.29, 0.717) is 15.4 Å². The van der Waals surface area contributed by atoms with Crippen LogP contribution in [-0.2, 0) is 5.75 Å². The SMILES string of the molecule is Cc1ccc(CSc2nnc(NC(=O)c3coc(Br)c3)s2)cc1. The Morgan fingerprint density at radius 1 is 1.35 bits per heavy atom. The Kier molecular flexibility index (Phi) is 5.14. The molecule has 1 N–H and O–H groups in total. The number of carbonyl (C=O) groups is 1. The number of furan rings is 1. The molecule has 0 bridgehead atoms. The normalized spacial score (nSPS) is 10.7. The first kappa shape index (κ1) is 16.2. The van der Waals surface area contributed by atoms with Crippen LogP contribution in [0, 0.1) is 6.92 Å². The topological polar surface area (TPSA) is 68.0 Å². The summed E-state index contributed by atoms with van der Waals surface area (Å²) in [5.41, 5.74) is 2.90. The molecule has 3 rings (SSSR count). The summed E-state index contributed by atoms with van der Waals surface area (Å²) in [5, 5.41) is 11.3. The van der Waals surface area contributed by atoms with E-state index in [0.717, 1.165) is 10.1 Å². The van der Waals surface area contributed by atoms with E-state index in [1.54, 1.807) is 17.8 Å². The van der Waals surface area contributed by atoms with Crippen LogP contribution in [0.25, 0.3) is 0 Å². The summed E-state index contributed by atoms with van der Waals surface area (Å²) in [4.78, 5) is 12.0. The number of aryl methyl sites for hydroxylation is 1. The molecule has 1 aromatic carbocycles. The molecule has 5 nitrogen and oxygen atoms in total. The van der Waals surface area contributed by atoms with Crippen molar-refractivity contribution in [2.24, 2.45) is 0 Å². The number of aromatic nitrogens is 2. The molecule has 0 spiro atoms. The molecular formula is C15H12BrN3O2S2. The quantitative estimate of drug-likeness (QED) is 0.486. The van der Waals surface area contributed by atoms with Gasteiger partial charge in [-0.15, -0.1) is 10.2 Å². The minimum atomic E-state index is -0.273. The molecule has 0 saturated carbocycles. The van der Waals surface area contributed by atoms with Crippen molar-refractivity contribution in [1.82, 2.24) is 10.2 Å². The fraction of sp³-hybridized carbons (Fsp3) is 0.133. The smallest absolute Gasteiger partial charge is 0.260 e. The van der Waals surface area contributed by atoms with Crippen molar-refractivity contribution in [2.45, 2.75) is 17.0 Å². The molecule has 2 aromatic heterocycles. The Morgan fingerprint density at radius 2 is 2.13 bits per heavy atom. The molecule has 0 fully saturated rings. The van der Waals surface area contributed by atoms with E-state index in [9.17, 15) is 4.79 Å². The van der Waals surface area contributed by atoms with Gasteiger partial charge >= 0.3 is 0 Å². The van der Waals surface area contributed by atoms with Crippen molar-refractivity contribution >= 4 is 50.1 Å². The predicted octanol–water partition coefficient (Wildman–Crippen LogP) is 4.75. The summed E-state index contributed by atoms with van der Waals surface area (Å²) in [6.07, 6.45) is 1.38. The van der Waals surface area contributed by atoms with Crippen molar-refractivity contribution in [2.75, 3.05) is 5.32 Å². The van der Waals surface area contributed by atoms with Crippen LogP contribution in [0.5, 0.6) is 0 Å². The number of amides is 1. The molecule has 0 atom stereocenters. The van der Waals surface area contributed by atoms with Crippen molar-refractivity contribution in [3.8, 4) is 0 Å². The molecule has 0 unspecified atom stereocenters. The highest BCUT2D eigenvalue weighted by atomic mass is 79.9. The van der Waals surface area contributed by atoms with E-state index in [2.05, 4.69) is 62.6 Å². The number of nitrogens with one attached hydrogen (secondary N) is 1. The van der Waals surface area contributed by atoms with Gasteiger partial charge in [0, 0.05) is 11.8 Å². The van der Waals surface area contributed by atoms with Gasteiger partial charge in [0.05, 0.1) is 5.56 Å². The van der Waals surface area contributed by atoms with Crippen LogP contribution < -0.4 is 5.32 Å². The van der Waals surface area contributed by atoms with Gasteiger partial charge in [-0.05, 0) is 28.4 Å². The summed E-state index contributed by atoms with van der Waals surface area (Å²) >= 11 is 6.11. The van der Waals surface area contributed by atoms with Crippen LogP contribution in [0.2, 0.25) is 0 Å². The van der Waals surface area contributed by atoms with E-state index >= 15 is 0 Å². The highest BCUT2D eigenvalue weighted by Gasteiger charge is 2.12. The lowest BCUT2D eigenvalue weighted by atomic mass is 10.2. The van der Waals surface area contributed by atoms with Crippen molar-refractivity contribution in [3.05, 3.63) is 58.0 Å². The van der Waals surface area contributed by atoms with Crippen LogP contribution in [0.1, 0.15) is 21.5 Å². The first-order valence-corrected chi connectivity index (χ1v) is 9.27. The molecule has 0 aliphatic heterocycles. The van der Waals surface area contributed by atoms with Gasteiger partial charge < -0.3 is 4.42 Å². The van der Waals surface area contributed by atoms with Gasteiger partial charge in [0.1, 0.15) is 6.26 Å². The third kappa shape index (κ3) is 4.43. The predicted molar refractivity (Wildman–Crippen MR) is 95.0 cm³/mol. The Bertz CT molecular complexity index is 814. The van der Waals surface area contributed by atoms with Crippen LogP contribution in [0.4, 0.5) is 5.13 Å². The largest absolute Gasteiger partial charge is 0.457 e. The zero-order valence-corrected chi connectivity index (χ0v) is 15.3. The Labute approximate surface area is 149 Å². The summed E-state index contributed by atoms with van der Waals surface area (Å²) in [6.45, 7) is 2.06. The van der Waals surface area contributed by atoms with Gasteiger partial charge in [0.15, 0.2) is 9.01 Å². The zero-order chi connectivity index (χ0) is 16.2. The summed E-state index contributed by atoms with van der Waals surface area (Å²) in [6, 6.07) is 9.98. The average molecular weight is 410 g/mol. The van der Waals surface area contributed by atoms with Crippen LogP contribution in [0.15, 0.2) is 50.0 Å². The van der Waals surface area contributed by atoms with E-state index < -0.39 is 0 Å². The van der Waals surface area contributed by atoms with E-state index in [1.165, 1.54) is 28.7 Å². The van der Waals surface area contributed by atoms with Gasteiger partial charge in [0.25, 0.3) is 5.91 Å². The van der Waals surface area contributed by atoms with Gasteiger partial charge in [-0.25, -0.2) is 0 Å². The monoisotopic (exact) mass is 409 g/mol. The second-order valence-corrected chi connectivity index (χ2v) is 7.72. The number of rotatable bonds is 5. The number of nitrogens with zero attached hydrogens (tertiary/aromatic N) is 2. The van der Waals surface area contributed by atoms with Gasteiger partial charge in [-0.1, -0.05) is 52.9 Å².